The molecule has 0 saturated carbocycles. The fourth-order valence-corrected chi connectivity index (χ4v) is 4.10. The van der Waals surface area contributed by atoms with E-state index in [2.05, 4.69) is 31.8 Å². The molecule has 142 valence electrons. The lowest BCUT2D eigenvalue weighted by Gasteiger charge is -2.22. The zero-order chi connectivity index (χ0) is 18.8. The third-order valence-electron chi connectivity index (χ3n) is 5.52. The highest BCUT2D eigenvalue weighted by molar-refractivity contribution is 6.02. The van der Waals surface area contributed by atoms with Crippen LogP contribution in [0.4, 0.5) is 5.69 Å². The number of aromatic nitrogens is 2. The van der Waals surface area contributed by atoms with Crippen molar-refractivity contribution in [2.75, 3.05) is 32.0 Å². The van der Waals surface area contributed by atoms with Gasteiger partial charge in [-0.2, -0.15) is 5.10 Å². The largest absolute Gasteiger partial charge is 0.356 e. The molecule has 0 spiro atoms. The summed E-state index contributed by atoms with van der Waals surface area (Å²) in [6.07, 6.45) is 5.91. The number of carbonyl (C=O) groups excluding carboxylic acids is 1. The second-order valence-corrected chi connectivity index (χ2v) is 7.27. The highest BCUT2D eigenvalue weighted by atomic mass is 16.2. The molecule has 27 heavy (non-hydrogen) atoms. The molecule has 2 aliphatic rings. The number of aryl methyl sites for hydroxylation is 1. The van der Waals surface area contributed by atoms with Gasteiger partial charge in [0.1, 0.15) is 0 Å². The minimum Gasteiger partial charge on any atom is -0.356 e. The van der Waals surface area contributed by atoms with Crippen LogP contribution in [0.1, 0.15) is 35.8 Å². The van der Waals surface area contributed by atoms with Gasteiger partial charge in [-0.25, -0.2) is 0 Å². The van der Waals surface area contributed by atoms with Gasteiger partial charge in [0.05, 0.1) is 12.1 Å². The molecule has 2 aromatic rings. The fourth-order valence-electron chi connectivity index (χ4n) is 4.10. The second kappa shape index (κ2) is 7.42. The van der Waals surface area contributed by atoms with Crippen LogP contribution in [-0.2, 0) is 11.8 Å². The van der Waals surface area contributed by atoms with Crippen molar-refractivity contribution < 1.29 is 4.79 Å². The number of aliphatic imine (C=N–C) groups is 1. The summed E-state index contributed by atoms with van der Waals surface area (Å²) in [5, 5.41) is 10.7. The number of likely N-dealkylation sites (tertiary alicyclic amines) is 1. The number of amides is 1. The molecule has 0 aliphatic carbocycles. The molecular weight excluding hydrogens is 340 g/mol. The highest BCUT2D eigenvalue weighted by Gasteiger charge is 2.30. The molecule has 0 radical (unpaired) electrons. The maximum Gasteiger partial charge on any atom is 0.232 e. The number of nitrogens with one attached hydrogen (secondary N) is 2. The number of hydrogen-bond acceptors (Lipinski definition) is 3. The van der Waals surface area contributed by atoms with E-state index >= 15 is 0 Å². The minimum absolute atomic E-state index is 0.0887. The molecule has 1 aromatic heterocycles. The van der Waals surface area contributed by atoms with Gasteiger partial charge in [-0.15, -0.1) is 0 Å². The van der Waals surface area contributed by atoms with Crippen molar-refractivity contribution in [2.24, 2.45) is 12.0 Å². The van der Waals surface area contributed by atoms with Crippen LogP contribution in [0.15, 0.2) is 41.7 Å². The van der Waals surface area contributed by atoms with Gasteiger partial charge in [-0.05, 0) is 30.0 Å². The van der Waals surface area contributed by atoms with Crippen LogP contribution >= 0.6 is 0 Å². The quantitative estimate of drug-likeness (QED) is 0.640. The van der Waals surface area contributed by atoms with Gasteiger partial charge >= 0.3 is 0 Å². The second-order valence-electron chi connectivity index (χ2n) is 7.27. The molecule has 1 fully saturated rings. The number of benzene rings is 1. The van der Waals surface area contributed by atoms with E-state index in [9.17, 15) is 4.79 Å². The molecule has 2 unspecified atom stereocenters. The van der Waals surface area contributed by atoms with Crippen LogP contribution in [-0.4, -0.2) is 53.2 Å². The Labute approximate surface area is 159 Å². The predicted octanol–water partition coefficient (Wildman–Crippen LogP) is 1.91. The van der Waals surface area contributed by atoms with E-state index in [1.807, 2.05) is 49.2 Å². The summed E-state index contributed by atoms with van der Waals surface area (Å²) in [6, 6.07) is 7.93. The number of para-hydroxylation sites is 1. The van der Waals surface area contributed by atoms with Crippen LogP contribution < -0.4 is 10.6 Å². The van der Waals surface area contributed by atoms with Crippen molar-refractivity contribution in [3.8, 4) is 0 Å². The zero-order valence-corrected chi connectivity index (χ0v) is 15.9. The molecule has 2 aliphatic heterocycles. The number of guanidine groups is 1. The minimum atomic E-state index is -0.0893. The molecular formula is C20H26N6O. The van der Waals surface area contributed by atoms with E-state index in [1.165, 1.54) is 5.56 Å². The lowest BCUT2D eigenvalue weighted by Crippen LogP contribution is -2.40. The lowest BCUT2D eigenvalue weighted by atomic mass is 9.97. The molecule has 2 atom stereocenters. The topological polar surface area (TPSA) is 74.6 Å². The van der Waals surface area contributed by atoms with E-state index in [0.717, 1.165) is 43.1 Å². The molecule has 4 rings (SSSR count). The van der Waals surface area contributed by atoms with E-state index in [-0.39, 0.29) is 11.8 Å². The van der Waals surface area contributed by atoms with Gasteiger partial charge in [0.15, 0.2) is 5.96 Å². The SMILES string of the molecule is CN=C(NCCC1C(=O)Nc2ccccc21)N1CCC(c2cnn(C)c2)C1. The van der Waals surface area contributed by atoms with Gasteiger partial charge in [0.2, 0.25) is 5.91 Å². The van der Waals surface area contributed by atoms with E-state index < -0.39 is 0 Å². The van der Waals surface area contributed by atoms with E-state index in [0.29, 0.717) is 12.5 Å². The first-order valence-corrected chi connectivity index (χ1v) is 9.49. The van der Waals surface area contributed by atoms with E-state index in [1.54, 1.807) is 0 Å². The van der Waals surface area contributed by atoms with Crippen molar-refractivity contribution in [1.82, 2.24) is 20.0 Å². The van der Waals surface area contributed by atoms with Gasteiger partial charge < -0.3 is 15.5 Å². The molecule has 1 saturated heterocycles. The van der Waals surface area contributed by atoms with Crippen LogP contribution in [0.5, 0.6) is 0 Å². The first-order chi connectivity index (χ1) is 13.2. The van der Waals surface area contributed by atoms with Crippen LogP contribution in [0.25, 0.3) is 0 Å². The number of nitrogens with zero attached hydrogens (tertiary/aromatic N) is 4. The average molecular weight is 366 g/mol. The van der Waals surface area contributed by atoms with Gasteiger partial charge in [0.25, 0.3) is 0 Å². The standard InChI is InChI=1S/C20H26N6O/c1-21-20(26-10-8-14(13-26)15-11-23-25(2)12-15)22-9-7-17-16-5-3-4-6-18(16)24-19(17)27/h3-6,11-12,14,17H,7-10,13H2,1-2H3,(H,21,22)(H,24,27). The summed E-state index contributed by atoms with van der Waals surface area (Å²) in [5.41, 5.74) is 3.32. The zero-order valence-electron chi connectivity index (χ0n) is 15.9. The summed E-state index contributed by atoms with van der Waals surface area (Å²) < 4.78 is 1.86. The van der Waals surface area contributed by atoms with Crippen LogP contribution in [0, 0.1) is 0 Å². The van der Waals surface area contributed by atoms with Crippen molar-refractivity contribution in [1.29, 1.82) is 0 Å². The van der Waals surface area contributed by atoms with Crippen molar-refractivity contribution in [2.45, 2.75) is 24.7 Å². The van der Waals surface area contributed by atoms with Crippen molar-refractivity contribution >= 4 is 17.6 Å². The highest BCUT2D eigenvalue weighted by Crippen LogP contribution is 2.34. The molecule has 1 amide bonds. The smallest absolute Gasteiger partial charge is 0.232 e. The molecule has 1 aromatic carbocycles. The third kappa shape index (κ3) is 3.54. The molecule has 0 bridgehead atoms. The average Bonchev–Trinajstić information content (AvgIpc) is 3.38. The van der Waals surface area contributed by atoms with Crippen molar-refractivity contribution in [3.63, 3.8) is 0 Å². The lowest BCUT2D eigenvalue weighted by molar-refractivity contribution is -0.117. The Morgan fingerprint density at radius 1 is 1.41 bits per heavy atom. The van der Waals surface area contributed by atoms with Crippen LogP contribution in [0.2, 0.25) is 0 Å². The Morgan fingerprint density at radius 2 is 2.26 bits per heavy atom. The Morgan fingerprint density at radius 3 is 3.04 bits per heavy atom. The Balaban J connectivity index is 1.32. The summed E-state index contributed by atoms with van der Waals surface area (Å²) >= 11 is 0. The maximum atomic E-state index is 12.2. The van der Waals surface area contributed by atoms with E-state index in [4.69, 9.17) is 0 Å². The van der Waals surface area contributed by atoms with Gasteiger partial charge in [-0.3, -0.25) is 14.5 Å². The number of carbonyl (C=O) groups is 1. The molecule has 7 heteroatoms. The van der Waals surface area contributed by atoms with Crippen molar-refractivity contribution in [3.05, 3.63) is 47.8 Å². The maximum absolute atomic E-state index is 12.2. The molecule has 7 nitrogen and oxygen atoms in total. The summed E-state index contributed by atoms with van der Waals surface area (Å²) in [6.45, 7) is 2.64. The molecule has 2 N–H and O–H groups in total. The summed E-state index contributed by atoms with van der Waals surface area (Å²) in [4.78, 5) is 19.0. The third-order valence-corrected chi connectivity index (χ3v) is 5.52. The van der Waals surface area contributed by atoms with Gasteiger partial charge in [-0.1, -0.05) is 18.2 Å². The Kier molecular flexibility index (Phi) is 4.83. The first-order valence-electron chi connectivity index (χ1n) is 9.49. The molecule has 3 heterocycles. The fraction of sp³-hybridized carbons (Fsp3) is 0.450. The van der Waals surface area contributed by atoms with Gasteiger partial charge in [0, 0.05) is 51.5 Å². The first kappa shape index (κ1) is 17.6. The summed E-state index contributed by atoms with van der Waals surface area (Å²) in [7, 11) is 3.77. The van der Waals surface area contributed by atoms with Crippen LogP contribution in [0.3, 0.4) is 0 Å². The Hall–Kier alpha value is -2.83. The monoisotopic (exact) mass is 366 g/mol. The number of fused-ring (bicyclic) bond motifs is 1. The Bertz CT molecular complexity index is 858. The summed E-state index contributed by atoms with van der Waals surface area (Å²) in [5.74, 6) is 1.40. The number of rotatable bonds is 4. The number of hydrogen-bond donors (Lipinski definition) is 2. The predicted molar refractivity (Wildman–Crippen MR) is 106 cm³/mol. The normalized spacial score (nSPS) is 22.1. The number of anilines is 1.